The number of aryl methyl sites for hydroxylation is 1. The molecule has 1 aliphatic heterocycles. The van der Waals surface area contributed by atoms with Crippen molar-refractivity contribution in [2.75, 3.05) is 11.9 Å². The first kappa shape index (κ1) is 17.0. The Kier molecular flexibility index (Phi) is 4.24. The lowest BCUT2D eigenvalue weighted by molar-refractivity contribution is -0.126. The Morgan fingerprint density at radius 2 is 2.15 bits per heavy atom. The van der Waals surface area contributed by atoms with Crippen LogP contribution in [0, 0.1) is 6.92 Å². The van der Waals surface area contributed by atoms with Crippen molar-refractivity contribution in [3.63, 3.8) is 0 Å². The van der Waals surface area contributed by atoms with Gasteiger partial charge in [0.05, 0.1) is 6.54 Å². The average molecular weight is 360 g/mol. The van der Waals surface area contributed by atoms with Gasteiger partial charge < -0.3 is 10.2 Å². The lowest BCUT2D eigenvalue weighted by atomic mass is 10.0. The van der Waals surface area contributed by atoms with Gasteiger partial charge in [-0.05, 0) is 24.5 Å². The van der Waals surface area contributed by atoms with Crippen LogP contribution in [0.15, 0.2) is 49.1 Å². The number of H-pyrrole nitrogens is 1. The predicted molar refractivity (Wildman–Crippen MR) is 105 cm³/mol. The number of hydrogen-bond acceptors (Lipinski definition) is 3. The zero-order valence-electron chi connectivity index (χ0n) is 15.1. The van der Waals surface area contributed by atoms with Crippen LogP contribution in [0.3, 0.4) is 0 Å². The van der Waals surface area contributed by atoms with Crippen LogP contribution in [0.25, 0.3) is 10.8 Å². The van der Waals surface area contributed by atoms with Crippen molar-refractivity contribution in [1.29, 1.82) is 0 Å². The number of nitrogens with zero attached hydrogens (tertiary/aromatic N) is 2. The minimum absolute atomic E-state index is 0.141. The fourth-order valence-corrected chi connectivity index (χ4v) is 3.49. The van der Waals surface area contributed by atoms with Gasteiger partial charge in [0.25, 0.3) is 5.91 Å². The van der Waals surface area contributed by atoms with Gasteiger partial charge in [0, 0.05) is 35.3 Å². The molecule has 0 unspecified atom stereocenters. The molecule has 1 aromatic heterocycles. The van der Waals surface area contributed by atoms with E-state index in [1.54, 1.807) is 4.90 Å². The second kappa shape index (κ2) is 6.72. The van der Waals surface area contributed by atoms with Gasteiger partial charge in [-0.15, -0.1) is 0 Å². The number of rotatable bonds is 3. The van der Waals surface area contributed by atoms with Crippen molar-refractivity contribution >= 4 is 28.3 Å². The van der Waals surface area contributed by atoms with Crippen LogP contribution in [0.5, 0.6) is 0 Å². The van der Waals surface area contributed by atoms with E-state index >= 15 is 0 Å². The molecule has 6 heteroatoms. The third-order valence-electron chi connectivity index (χ3n) is 4.92. The summed E-state index contributed by atoms with van der Waals surface area (Å²) in [5.41, 5.74) is 3.91. The molecule has 0 bridgehead atoms. The zero-order chi connectivity index (χ0) is 19.0. The van der Waals surface area contributed by atoms with E-state index in [2.05, 4.69) is 28.2 Å². The van der Waals surface area contributed by atoms with Gasteiger partial charge in [-0.3, -0.25) is 14.7 Å². The lowest BCUT2D eigenvalue weighted by Crippen LogP contribution is -2.35. The largest absolute Gasteiger partial charge is 0.334 e. The molecule has 136 valence electrons. The first-order chi connectivity index (χ1) is 13.1. The highest BCUT2D eigenvalue weighted by Crippen LogP contribution is 2.26. The molecule has 2 amide bonds. The maximum Gasteiger partial charge on any atom is 0.276 e. The summed E-state index contributed by atoms with van der Waals surface area (Å²) in [7, 11) is 0. The molecule has 0 saturated carbocycles. The monoisotopic (exact) mass is 360 g/mol. The van der Waals surface area contributed by atoms with Crippen LogP contribution in [-0.4, -0.2) is 33.5 Å². The van der Waals surface area contributed by atoms with Crippen LogP contribution in [0.1, 0.15) is 27.3 Å². The van der Waals surface area contributed by atoms with Crippen molar-refractivity contribution in [3.05, 3.63) is 71.6 Å². The highest BCUT2D eigenvalue weighted by atomic mass is 16.2. The molecule has 0 spiro atoms. The summed E-state index contributed by atoms with van der Waals surface area (Å²) in [6, 6.07) is 11.9. The molecule has 0 saturated heterocycles. The predicted octanol–water partition coefficient (Wildman–Crippen LogP) is 3.19. The third kappa shape index (κ3) is 3.10. The van der Waals surface area contributed by atoms with Gasteiger partial charge in [0.2, 0.25) is 5.91 Å². The molecule has 0 fully saturated rings. The molecule has 1 aliphatic rings. The van der Waals surface area contributed by atoms with E-state index in [1.165, 1.54) is 11.6 Å². The number of carbonyl (C=O) groups excluding carboxylic acids is 2. The van der Waals surface area contributed by atoms with E-state index in [9.17, 15) is 9.59 Å². The minimum Gasteiger partial charge on any atom is -0.334 e. The van der Waals surface area contributed by atoms with E-state index in [4.69, 9.17) is 0 Å². The quantitative estimate of drug-likeness (QED) is 0.704. The molecular formula is C21H20N4O2. The molecule has 2 aromatic carbocycles. The fraction of sp³-hybridized carbons (Fsp3) is 0.190. The summed E-state index contributed by atoms with van der Waals surface area (Å²) in [5.74, 6) is -0.425. The number of nitrogens with one attached hydrogen (secondary N) is 2. The van der Waals surface area contributed by atoms with E-state index in [0.29, 0.717) is 25.2 Å². The minimum atomic E-state index is -0.284. The zero-order valence-corrected chi connectivity index (χ0v) is 15.1. The van der Waals surface area contributed by atoms with Crippen LogP contribution in [-0.2, 0) is 17.8 Å². The first-order valence-corrected chi connectivity index (χ1v) is 8.85. The Bertz CT molecular complexity index is 1070. The topological polar surface area (TPSA) is 78.1 Å². The lowest BCUT2D eigenvalue weighted by Gasteiger charge is -2.25. The summed E-state index contributed by atoms with van der Waals surface area (Å²) in [6.07, 6.45) is 1.94. The standard InChI is InChI=1S/C21H20N4O2/c1-3-19(26)25-10-9-18-16(12-25)20(24-23-18)21(27)22-17-6-4-5-14-11-13(2)7-8-15(14)17/h3-8,11H,1,9-10,12H2,2H3,(H,22,27)(H,23,24). The van der Waals surface area contributed by atoms with Crippen molar-refractivity contribution in [1.82, 2.24) is 15.1 Å². The highest BCUT2D eigenvalue weighted by molar-refractivity contribution is 6.09. The van der Waals surface area contributed by atoms with E-state index in [0.717, 1.165) is 27.7 Å². The number of amides is 2. The van der Waals surface area contributed by atoms with E-state index in [1.807, 2.05) is 37.3 Å². The van der Waals surface area contributed by atoms with Crippen LogP contribution >= 0.6 is 0 Å². The molecule has 2 heterocycles. The Labute approximate surface area is 156 Å². The number of aromatic nitrogens is 2. The second-order valence-electron chi connectivity index (χ2n) is 6.73. The van der Waals surface area contributed by atoms with Gasteiger partial charge in [-0.25, -0.2) is 0 Å². The molecular weight excluding hydrogens is 340 g/mol. The first-order valence-electron chi connectivity index (χ1n) is 8.85. The molecule has 4 rings (SSSR count). The fourth-order valence-electron chi connectivity index (χ4n) is 3.49. The van der Waals surface area contributed by atoms with Gasteiger partial charge in [-0.2, -0.15) is 5.10 Å². The third-order valence-corrected chi connectivity index (χ3v) is 4.92. The number of aromatic amines is 1. The van der Waals surface area contributed by atoms with Gasteiger partial charge in [0.15, 0.2) is 5.69 Å². The number of hydrogen-bond donors (Lipinski definition) is 2. The number of carbonyl (C=O) groups is 2. The average Bonchev–Trinajstić information content (AvgIpc) is 3.10. The normalized spacial score (nSPS) is 13.3. The summed E-state index contributed by atoms with van der Waals surface area (Å²) < 4.78 is 0. The summed E-state index contributed by atoms with van der Waals surface area (Å²) in [4.78, 5) is 26.5. The molecule has 0 radical (unpaired) electrons. The summed E-state index contributed by atoms with van der Waals surface area (Å²) in [6.45, 7) is 6.52. The second-order valence-corrected chi connectivity index (χ2v) is 6.73. The van der Waals surface area contributed by atoms with Gasteiger partial charge >= 0.3 is 0 Å². The van der Waals surface area contributed by atoms with Crippen molar-refractivity contribution in [2.45, 2.75) is 19.9 Å². The van der Waals surface area contributed by atoms with Gasteiger partial charge in [0.1, 0.15) is 0 Å². The Hall–Kier alpha value is -3.41. The van der Waals surface area contributed by atoms with E-state index < -0.39 is 0 Å². The van der Waals surface area contributed by atoms with E-state index in [-0.39, 0.29) is 11.8 Å². The highest BCUT2D eigenvalue weighted by Gasteiger charge is 2.27. The Morgan fingerprint density at radius 3 is 2.96 bits per heavy atom. The molecule has 0 aliphatic carbocycles. The number of anilines is 1. The van der Waals surface area contributed by atoms with Crippen molar-refractivity contribution in [3.8, 4) is 0 Å². The molecule has 2 N–H and O–H groups in total. The SMILES string of the molecule is C=CC(=O)N1CCc2[nH]nc(C(=O)Nc3cccc4cc(C)ccc34)c2C1. The van der Waals surface area contributed by atoms with Crippen LogP contribution in [0.4, 0.5) is 5.69 Å². The van der Waals surface area contributed by atoms with Gasteiger partial charge in [-0.1, -0.05) is 42.5 Å². The smallest absolute Gasteiger partial charge is 0.276 e. The molecule has 6 nitrogen and oxygen atoms in total. The maximum atomic E-state index is 12.9. The van der Waals surface area contributed by atoms with Crippen molar-refractivity contribution < 1.29 is 9.59 Å². The number of benzene rings is 2. The number of fused-ring (bicyclic) bond motifs is 2. The van der Waals surface area contributed by atoms with Crippen LogP contribution < -0.4 is 5.32 Å². The van der Waals surface area contributed by atoms with Crippen LogP contribution in [0.2, 0.25) is 0 Å². The summed E-state index contributed by atoms with van der Waals surface area (Å²) >= 11 is 0. The molecule has 27 heavy (non-hydrogen) atoms. The Morgan fingerprint density at radius 1 is 1.30 bits per heavy atom. The van der Waals surface area contributed by atoms with Crippen molar-refractivity contribution in [2.24, 2.45) is 0 Å². The maximum absolute atomic E-state index is 12.9. The Balaban J connectivity index is 1.63. The molecule has 0 atom stereocenters. The summed E-state index contributed by atoms with van der Waals surface area (Å²) in [5, 5.41) is 12.2. The molecule has 3 aromatic rings.